The van der Waals surface area contributed by atoms with Crippen LogP contribution in [0.2, 0.25) is 0 Å². The van der Waals surface area contributed by atoms with E-state index >= 15 is 0 Å². The number of fused-ring (bicyclic) bond motifs is 1. The maximum atomic E-state index is 13.2. The first-order valence-electron chi connectivity index (χ1n) is 6.77. The van der Waals surface area contributed by atoms with E-state index in [1.807, 2.05) is 0 Å². The van der Waals surface area contributed by atoms with Gasteiger partial charge >= 0.3 is 0 Å². The summed E-state index contributed by atoms with van der Waals surface area (Å²) in [5.74, 6) is -0.792. The predicted octanol–water partition coefficient (Wildman–Crippen LogP) is 2.23. The van der Waals surface area contributed by atoms with Gasteiger partial charge in [0.1, 0.15) is 5.82 Å². The number of benzene rings is 2. The lowest BCUT2D eigenvalue weighted by Crippen LogP contribution is -2.18. The Morgan fingerprint density at radius 1 is 1.17 bits per heavy atom. The van der Waals surface area contributed by atoms with Crippen LogP contribution >= 0.6 is 0 Å². The maximum absolute atomic E-state index is 13.2. The van der Waals surface area contributed by atoms with Gasteiger partial charge in [0.2, 0.25) is 10.0 Å². The zero-order chi connectivity index (χ0) is 16.6. The van der Waals surface area contributed by atoms with E-state index in [0.717, 1.165) is 0 Å². The van der Waals surface area contributed by atoms with E-state index in [1.165, 1.54) is 37.4 Å². The first kappa shape index (κ1) is 15.4. The normalized spacial score (nSPS) is 15.6. The van der Waals surface area contributed by atoms with Crippen molar-refractivity contribution in [2.24, 2.45) is 0 Å². The third-order valence-electron chi connectivity index (χ3n) is 3.51. The minimum atomic E-state index is -3.56. The number of amides is 1. The van der Waals surface area contributed by atoms with Crippen molar-refractivity contribution in [1.29, 1.82) is 0 Å². The minimum Gasteiger partial charge on any atom is -0.321 e. The Kier molecular flexibility index (Phi) is 3.75. The van der Waals surface area contributed by atoms with Crippen molar-refractivity contribution in [3.05, 3.63) is 59.4 Å². The van der Waals surface area contributed by atoms with Gasteiger partial charge in [0.25, 0.3) is 5.91 Å². The summed E-state index contributed by atoms with van der Waals surface area (Å²) < 4.78 is 39.1. The Balaban J connectivity index is 2.07. The van der Waals surface area contributed by atoms with Crippen molar-refractivity contribution in [2.45, 2.75) is 4.90 Å². The highest BCUT2D eigenvalue weighted by molar-refractivity contribution is 7.89. The number of carbonyl (C=O) groups is 1. The zero-order valence-electron chi connectivity index (χ0n) is 12.1. The summed E-state index contributed by atoms with van der Waals surface area (Å²) in [7, 11) is -2.23. The number of rotatable bonds is 3. The van der Waals surface area contributed by atoms with Crippen molar-refractivity contribution in [2.75, 3.05) is 12.4 Å². The number of hydrogen-bond donors (Lipinski definition) is 2. The van der Waals surface area contributed by atoms with Crippen LogP contribution in [-0.2, 0) is 14.8 Å². The van der Waals surface area contributed by atoms with Gasteiger partial charge in [-0.05, 0) is 49.0 Å². The second-order valence-electron chi connectivity index (χ2n) is 4.98. The molecule has 1 heterocycles. The molecule has 0 saturated heterocycles. The first-order valence-corrected chi connectivity index (χ1v) is 8.25. The smallest absolute Gasteiger partial charge is 0.256 e. The third kappa shape index (κ3) is 2.88. The molecule has 23 heavy (non-hydrogen) atoms. The summed E-state index contributed by atoms with van der Waals surface area (Å²) in [6, 6.07) is 10.2. The Labute approximate surface area is 132 Å². The molecular formula is C16H13FN2O3S. The minimum absolute atomic E-state index is 0.104. The van der Waals surface area contributed by atoms with E-state index in [4.69, 9.17) is 0 Å². The summed E-state index contributed by atoms with van der Waals surface area (Å²) in [5.41, 5.74) is 1.90. The molecule has 7 heteroatoms. The molecule has 0 spiro atoms. The molecule has 0 unspecified atom stereocenters. The van der Waals surface area contributed by atoms with Crippen molar-refractivity contribution in [3.8, 4) is 0 Å². The molecule has 0 bridgehead atoms. The highest BCUT2D eigenvalue weighted by atomic mass is 32.2. The lowest BCUT2D eigenvalue weighted by molar-refractivity contribution is -0.110. The van der Waals surface area contributed by atoms with Crippen LogP contribution in [0.4, 0.5) is 10.1 Å². The number of carbonyl (C=O) groups excluding carboxylic acids is 1. The fraction of sp³-hybridized carbons (Fsp3) is 0.0625. The molecule has 1 aliphatic rings. The van der Waals surface area contributed by atoms with Crippen LogP contribution in [0.5, 0.6) is 0 Å². The first-order chi connectivity index (χ1) is 10.9. The number of nitrogens with one attached hydrogen (secondary N) is 2. The predicted molar refractivity (Wildman–Crippen MR) is 85.6 cm³/mol. The van der Waals surface area contributed by atoms with Crippen LogP contribution in [0.15, 0.2) is 47.4 Å². The summed E-state index contributed by atoms with van der Waals surface area (Å²) in [6.07, 6.45) is 1.58. The van der Waals surface area contributed by atoms with Crippen molar-refractivity contribution < 1.29 is 17.6 Å². The highest BCUT2D eigenvalue weighted by Crippen LogP contribution is 2.33. The number of halogens is 1. The van der Waals surface area contributed by atoms with E-state index < -0.39 is 15.8 Å². The highest BCUT2D eigenvalue weighted by Gasteiger charge is 2.24. The Morgan fingerprint density at radius 3 is 2.70 bits per heavy atom. The molecule has 5 nitrogen and oxygen atoms in total. The molecule has 118 valence electrons. The molecule has 2 aromatic rings. The maximum Gasteiger partial charge on any atom is 0.256 e. The quantitative estimate of drug-likeness (QED) is 0.847. The molecule has 0 fully saturated rings. The molecule has 1 aliphatic heterocycles. The average molecular weight is 332 g/mol. The molecule has 0 saturated carbocycles. The van der Waals surface area contributed by atoms with Gasteiger partial charge in [-0.3, -0.25) is 4.79 Å². The molecule has 0 aliphatic carbocycles. The Bertz CT molecular complexity index is 936. The van der Waals surface area contributed by atoms with Gasteiger partial charge in [-0.1, -0.05) is 12.1 Å². The fourth-order valence-corrected chi connectivity index (χ4v) is 3.15. The van der Waals surface area contributed by atoms with Crippen LogP contribution in [-0.4, -0.2) is 21.4 Å². The van der Waals surface area contributed by atoms with E-state index in [-0.39, 0.29) is 10.8 Å². The van der Waals surface area contributed by atoms with E-state index in [1.54, 1.807) is 18.2 Å². The van der Waals surface area contributed by atoms with Gasteiger partial charge in [0.15, 0.2) is 0 Å². The lowest BCUT2D eigenvalue weighted by Gasteiger charge is -2.04. The molecule has 2 N–H and O–H groups in total. The van der Waals surface area contributed by atoms with Crippen LogP contribution in [0.1, 0.15) is 11.1 Å². The largest absolute Gasteiger partial charge is 0.321 e. The molecule has 1 amide bonds. The third-order valence-corrected chi connectivity index (χ3v) is 4.92. The van der Waals surface area contributed by atoms with Crippen LogP contribution in [0, 0.1) is 5.82 Å². The zero-order valence-corrected chi connectivity index (χ0v) is 12.9. The molecule has 0 aromatic heterocycles. The van der Waals surface area contributed by atoms with Crippen LogP contribution < -0.4 is 10.0 Å². The van der Waals surface area contributed by atoms with Gasteiger partial charge in [-0.25, -0.2) is 17.5 Å². The number of anilines is 1. The number of hydrogen-bond acceptors (Lipinski definition) is 3. The molecule has 3 rings (SSSR count). The van der Waals surface area contributed by atoms with Gasteiger partial charge in [0.05, 0.1) is 10.6 Å². The van der Waals surface area contributed by atoms with E-state index in [2.05, 4.69) is 10.0 Å². The van der Waals surface area contributed by atoms with Crippen LogP contribution in [0.3, 0.4) is 0 Å². The summed E-state index contributed by atoms with van der Waals surface area (Å²) >= 11 is 0. The standard InChI is InChI=1S/C16H13FN2O3S/c1-18-23(21,22)12-4-2-3-10(7-12)8-14-13-6-5-11(17)9-15(13)19-16(14)20/h2-9,18H,1H3,(H,19,20). The number of sulfonamides is 1. The lowest BCUT2D eigenvalue weighted by atomic mass is 10.0. The van der Waals surface area contributed by atoms with Gasteiger partial charge in [-0.15, -0.1) is 0 Å². The van der Waals surface area contributed by atoms with E-state index in [0.29, 0.717) is 22.4 Å². The summed E-state index contributed by atoms with van der Waals surface area (Å²) in [4.78, 5) is 12.2. The fourth-order valence-electron chi connectivity index (χ4n) is 2.37. The van der Waals surface area contributed by atoms with Gasteiger partial charge in [-0.2, -0.15) is 0 Å². The van der Waals surface area contributed by atoms with Gasteiger partial charge < -0.3 is 5.32 Å². The van der Waals surface area contributed by atoms with Crippen molar-refractivity contribution in [1.82, 2.24) is 4.72 Å². The van der Waals surface area contributed by atoms with E-state index in [9.17, 15) is 17.6 Å². The topological polar surface area (TPSA) is 75.3 Å². The Hall–Kier alpha value is -2.51. The molecular weight excluding hydrogens is 319 g/mol. The van der Waals surface area contributed by atoms with Gasteiger partial charge in [0, 0.05) is 11.1 Å². The van der Waals surface area contributed by atoms with Crippen LogP contribution in [0.25, 0.3) is 11.6 Å². The summed E-state index contributed by atoms with van der Waals surface area (Å²) in [6.45, 7) is 0. The Morgan fingerprint density at radius 2 is 1.96 bits per heavy atom. The monoisotopic (exact) mass is 332 g/mol. The average Bonchev–Trinajstić information content (AvgIpc) is 2.82. The van der Waals surface area contributed by atoms with Crippen molar-refractivity contribution >= 4 is 33.3 Å². The SMILES string of the molecule is CNS(=O)(=O)c1cccc(C=C2C(=O)Nc3cc(F)ccc32)c1. The summed E-state index contributed by atoms with van der Waals surface area (Å²) in [5, 5.41) is 2.59. The molecule has 2 aromatic carbocycles. The second kappa shape index (κ2) is 5.60. The molecule has 0 atom stereocenters. The molecule has 0 radical (unpaired) electrons. The second-order valence-corrected chi connectivity index (χ2v) is 6.87. The van der Waals surface area contributed by atoms with Crippen molar-refractivity contribution in [3.63, 3.8) is 0 Å².